The highest BCUT2D eigenvalue weighted by Gasteiger charge is 2.55. The lowest BCUT2D eigenvalue weighted by atomic mass is 9.62. The van der Waals surface area contributed by atoms with Crippen LogP contribution >= 0.6 is 0 Å². The predicted octanol–water partition coefficient (Wildman–Crippen LogP) is 5.17. The van der Waals surface area contributed by atoms with Gasteiger partial charge in [-0.2, -0.15) is 0 Å². The Labute approximate surface area is 142 Å². The summed E-state index contributed by atoms with van der Waals surface area (Å²) in [5, 5.41) is 0. The molecule has 23 heavy (non-hydrogen) atoms. The summed E-state index contributed by atoms with van der Waals surface area (Å²) in [7, 11) is 1.81. The summed E-state index contributed by atoms with van der Waals surface area (Å²) in [6.45, 7) is 11.6. The minimum absolute atomic E-state index is 0.314. The fraction of sp³-hybridized carbons (Fsp3) is 0.857. The molecule has 0 bridgehead atoms. The van der Waals surface area contributed by atoms with E-state index in [1.807, 2.05) is 14.0 Å². The highest BCUT2D eigenvalue weighted by Crippen LogP contribution is 2.60. The zero-order chi connectivity index (χ0) is 17.0. The summed E-state index contributed by atoms with van der Waals surface area (Å²) in [6, 6.07) is 0. The van der Waals surface area contributed by atoms with Crippen LogP contribution in [0, 0.1) is 29.1 Å². The first-order valence-corrected chi connectivity index (χ1v) is 9.54. The molecule has 0 radical (unpaired) electrons. The molecule has 0 saturated heterocycles. The van der Waals surface area contributed by atoms with Crippen molar-refractivity contribution in [3.8, 4) is 0 Å². The van der Waals surface area contributed by atoms with Crippen molar-refractivity contribution in [2.24, 2.45) is 29.1 Å². The topological polar surface area (TPSA) is 26.3 Å². The van der Waals surface area contributed by atoms with Gasteiger partial charge in [0, 0.05) is 13.5 Å². The zero-order valence-corrected chi connectivity index (χ0v) is 15.9. The summed E-state index contributed by atoms with van der Waals surface area (Å²) in [4.78, 5) is 12.5. The van der Waals surface area contributed by atoms with Gasteiger partial charge in [0.15, 0.2) is 5.78 Å². The van der Waals surface area contributed by atoms with E-state index >= 15 is 0 Å². The molecule has 0 aliphatic heterocycles. The Kier molecular flexibility index (Phi) is 4.28. The molecule has 0 heterocycles. The molecule has 0 amide bonds. The monoisotopic (exact) mass is 318 g/mol. The fourth-order valence-corrected chi connectivity index (χ4v) is 6.16. The van der Waals surface area contributed by atoms with Crippen molar-refractivity contribution in [3.05, 3.63) is 11.1 Å². The first kappa shape index (κ1) is 17.2. The highest BCUT2D eigenvalue weighted by atomic mass is 16.5. The minimum Gasteiger partial charge on any atom is -0.373 e. The molecule has 2 fully saturated rings. The number of Topliss-reactive ketones (excluding diaryl/α,β-unsaturated/α-hetero) is 1. The SMILES string of the molecule is CO[C@@]12CC(=O)C(C)=C1C[C@@]1(C)CC[C@H](C(C)C)[C@@H]1CC[C@@H]2C. The lowest BCUT2D eigenvalue weighted by Gasteiger charge is -2.46. The van der Waals surface area contributed by atoms with Crippen LogP contribution in [-0.4, -0.2) is 18.5 Å². The molecule has 3 aliphatic carbocycles. The van der Waals surface area contributed by atoms with Gasteiger partial charge in [-0.15, -0.1) is 0 Å². The second-order valence-corrected chi connectivity index (χ2v) is 9.16. The van der Waals surface area contributed by atoms with Gasteiger partial charge in [0.1, 0.15) is 0 Å². The Bertz CT molecular complexity index is 532. The second-order valence-electron chi connectivity index (χ2n) is 9.16. The van der Waals surface area contributed by atoms with Crippen molar-refractivity contribution in [1.29, 1.82) is 0 Å². The first-order chi connectivity index (χ1) is 10.7. The summed E-state index contributed by atoms with van der Waals surface area (Å²) in [5.41, 5.74) is 2.38. The van der Waals surface area contributed by atoms with E-state index < -0.39 is 0 Å². The number of ether oxygens (including phenoxy) is 1. The molecular weight excluding hydrogens is 284 g/mol. The van der Waals surface area contributed by atoms with Gasteiger partial charge >= 0.3 is 0 Å². The van der Waals surface area contributed by atoms with Crippen LogP contribution in [0.15, 0.2) is 11.1 Å². The van der Waals surface area contributed by atoms with Crippen molar-refractivity contribution in [2.45, 2.75) is 78.7 Å². The van der Waals surface area contributed by atoms with Crippen LogP contribution in [0.25, 0.3) is 0 Å². The molecule has 0 aromatic carbocycles. The molecule has 0 spiro atoms. The normalized spacial score (nSPS) is 44.3. The Morgan fingerprint density at radius 1 is 1.17 bits per heavy atom. The van der Waals surface area contributed by atoms with Gasteiger partial charge < -0.3 is 4.74 Å². The van der Waals surface area contributed by atoms with Crippen LogP contribution in [0.4, 0.5) is 0 Å². The first-order valence-electron chi connectivity index (χ1n) is 9.54. The number of rotatable bonds is 2. The third-order valence-electron chi connectivity index (χ3n) is 7.77. The molecule has 0 N–H and O–H groups in total. The molecule has 0 unspecified atom stereocenters. The van der Waals surface area contributed by atoms with E-state index in [0.29, 0.717) is 23.5 Å². The Morgan fingerprint density at radius 3 is 2.48 bits per heavy atom. The van der Waals surface area contributed by atoms with Gasteiger partial charge in [0.2, 0.25) is 0 Å². The van der Waals surface area contributed by atoms with E-state index in [4.69, 9.17) is 4.74 Å². The van der Waals surface area contributed by atoms with Crippen LogP contribution in [-0.2, 0) is 9.53 Å². The largest absolute Gasteiger partial charge is 0.373 e. The number of hydrogen-bond acceptors (Lipinski definition) is 2. The van der Waals surface area contributed by atoms with Gasteiger partial charge in [0.05, 0.1) is 5.60 Å². The second kappa shape index (κ2) is 5.72. The van der Waals surface area contributed by atoms with Crippen LogP contribution in [0.5, 0.6) is 0 Å². The molecule has 0 aromatic heterocycles. The Morgan fingerprint density at radius 2 is 1.87 bits per heavy atom. The Balaban J connectivity index is 2.03. The summed E-state index contributed by atoms with van der Waals surface area (Å²) in [6.07, 6.45) is 6.78. The lowest BCUT2D eigenvalue weighted by Crippen LogP contribution is -2.44. The Hall–Kier alpha value is -0.630. The smallest absolute Gasteiger partial charge is 0.161 e. The number of fused-ring (bicyclic) bond motifs is 2. The van der Waals surface area contributed by atoms with Gasteiger partial charge in [-0.3, -0.25) is 4.79 Å². The van der Waals surface area contributed by atoms with Crippen molar-refractivity contribution in [2.75, 3.05) is 7.11 Å². The predicted molar refractivity (Wildman–Crippen MR) is 94.2 cm³/mol. The third-order valence-corrected chi connectivity index (χ3v) is 7.77. The molecule has 2 heteroatoms. The van der Waals surface area contributed by atoms with Crippen LogP contribution in [0.2, 0.25) is 0 Å². The zero-order valence-electron chi connectivity index (χ0n) is 15.9. The molecule has 130 valence electrons. The number of allylic oxidation sites excluding steroid dienone is 1. The van der Waals surface area contributed by atoms with Crippen molar-refractivity contribution < 1.29 is 9.53 Å². The van der Waals surface area contributed by atoms with E-state index in [-0.39, 0.29) is 5.60 Å². The van der Waals surface area contributed by atoms with Gasteiger partial charge in [-0.25, -0.2) is 0 Å². The summed E-state index contributed by atoms with van der Waals surface area (Å²) < 4.78 is 6.08. The highest BCUT2D eigenvalue weighted by molar-refractivity contribution is 6.00. The number of ketones is 1. The van der Waals surface area contributed by atoms with Gasteiger partial charge in [0.25, 0.3) is 0 Å². The number of carbonyl (C=O) groups is 1. The van der Waals surface area contributed by atoms with E-state index in [9.17, 15) is 4.79 Å². The molecule has 2 nitrogen and oxygen atoms in total. The number of methoxy groups -OCH3 is 1. The average Bonchev–Trinajstić information content (AvgIpc) is 2.94. The van der Waals surface area contributed by atoms with Gasteiger partial charge in [-0.05, 0) is 79.3 Å². The van der Waals surface area contributed by atoms with Crippen molar-refractivity contribution >= 4 is 5.78 Å². The van der Waals surface area contributed by atoms with Crippen LogP contribution in [0.1, 0.15) is 73.1 Å². The number of carbonyl (C=O) groups excluding carboxylic acids is 1. The van der Waals surface area contributed by atoms with Crippen LogP contribution in [0.3, 0.4) is 0 Å². The molecular formula is C21H34O2. The van der Waals surface area contributed by atoms with E-state index in [1.54, 1.807) is 0 Å². The molecule has 5 atom stereocenters. The maximum atomic E-state index is 12.5. The third kappa shape index (κ3) is 2.44. The van der Waals surface area contributed by atoms with E-state index in [1.165, 1.54) is 31.3 Å². The number of hydrogen-bond donors (Lipinski definition) is 0. The average molecular weight is 319 g/mol. The molecule has 0 aromatic rings. The molecule has 3 rings (SSSR count). The van der Waals surface area contributed by atoms with Crippen molar-refractivity contribution in [3.63, 3.8) is 0 Å². The van der Waals surface area contributed by atoms with Crippen LogP contribution < -0.4 is 0 Å². The van der Waals surface area contributed by atoms with E-state index in [0.717, 1.165) is 29.7 Å². The maximum absolute atomic E-state index is 12.5. The standard InChI is InChI=1S/C21H34O2/c1-13(2)16-9-10-20(5)11-18-15(4)19(22)12-21(18,23-6)14(3)7-8-17(16)20/h13-14,16-17H,7-12H2,1-6H3/t14-,16+,17-,20+,21+/m0/s1. The van der Waals surface area contributed by atoms with E-state index in [2.05, 4.69) is 27.7 Å². The van der Waals surface area contributed by atoms with Gasteiger partial charge in [-0.1, -0.05) is 27.7 Å². The summed E-state index contributed by atoms with van der Waals surface area (Å²) in [5.74, 6) is 3.16. The quantitative estimate of drug-likeness (QED) is 0.702. The molecule has 2 saturated carbocycles. The molecule has 3 aliphatic rings. The summed E-state index contributed by atoms with van der Waals surface area (Å²) >= 11 is 0. The fourth-order valence-electron chi connectivity index (χ4n) is 6.16. The maximum Gasteiger partial charge on any atom is 0.161 e. The lowest BCUT2D eigenvalue weighted by molar-refractivity contribution is -0.120. The minimum atomic E-state index is -0.314. The van der Waals surface area contributed by atoms with Crippen molar-refractivity contribution in [1.82, 2.24) is 0 Å².